The van der Waals surface area contributed by atoms with Gasteiger partial charge in [0, 0.05) is 121 Å². The number of ketones is 1. The Balaban J connectivity index is 0.711. The van der Waals surface area contributed by atoms with Crippen molar-refractivity contribution in [3.8, 4) is 6.07 Å². The number of carbonyl (C=O) groups is 5. The Kier molecular flexibility index (Phi) is 11.6. The van der Waals surface area contributed by atoms with Gasteiger partial charge in [-0.25, -0.2) is 0 Å². The lowest BCUT2D eigenvalue weighted by Gasteiger charge is -2.44. The second kappa shape index (κ2) is 17.3. The molecule has 0 spiro atoms. The number of nitrogens with zero attached hydrogens (tertiary/aromatic N) is 5. The number of aromatic nitrogens is 1. The Hall–Kier alpha value is -6.00. The molecule has 3 N–H and O–H groups in total. The highest BCUT2D eigenvalue weighted by Gasteiger charge is 2.42. The van der Waals surface area contributed by atoms with E-state index >= 15 is 0 Å². The zero-order chi connectivity index (χ0) is 44.0. The van der Waals surface area contributed by atoms with Crippen LogP contribution in [0.25, 0.3) is 10.9 Å². The minimum atomic E-state index is -0.628. The average molecular weight is 851 g/mol. The fraction of sp³-hybridized carbons (Fsp3) is 0.480. The summed E-state index contributed by atoms with van der Waals surface area (Å²) in [5.74, 6) is -0.565. The lowest BCUT2D eigenvalue weighted by molar-refractivity contribution is -0.137. The topological polar surface area (TPSA) is 162 Å². The first kappa shape index (κ1) is 42.3. The summed E-state index contributed by atoms with van der Waals surface area (Å²) in [5, 5.41) is 16.2. The van der Waals surface area contributed by atoms with Crippen LogP contribution < -0.4 is 15.5 Å². The van der Waals surface area contributed by atoms with E-state index in [2.05, 4.69) is 64.4 Å². The van der Waals surface area contributed by atoms with Gasteiger partial charge in [-0.3, -0.25) is 34.2 Å². The van der Waals surface area contributed by atoms with Crippen LogP contribution in [0.1, 0.15) is 133 Å². The Labute approximate surface area is 369 Å². The van der Waals surface area contributed by atoms with Crippen molar-refractivity contribution in [2.24, 2.45) is 0 Å². The molecule has 1 aliphatic carbocycles. The number of rotatable bonds is 12. The summed E-state index contributed by atoms with van der Waals surface area (Å²) >= 11 is 0. The molecule has 0 saturated carbocycles. The van der Waals surface area contributed by atoms with E-state index in [1.54, 1.807) is 17.0 Å². The zero-order valence-electron chi connectivity index (χ0n) is 36.8. The van der Waals surface area contributed by atoms with Crippen molar-refractivity contribution in [1.29, 1.82) is 5.26 Å². The lowest BCUT2D eigenvalue weighted by atomic mass is 9.70. The molecule has 13 heteroatoms. The highest BCUT2D eigenvalue weighted by atomic mass is 16.2. The lowest BCUT2D eigenvalue weighted by Crippen LogP contribution is -2.54. The van der Waals surface area contributed by atoms with Crippen molar-refractivity contribution in [2.75, 3.05) is 56.0 Å². The molecule has 0 bridgehead atoms. The Morgan fingerprint density at radius 1 is 0.905 bits per heavy atom. The van der Waals surface area contributed by atoms with E-state index in [0.29, 0.717) is 36.6 Å². The van der Waals surface area contributed by atoms with Crippen molar-refractivity contribution < 1.29 is 24.0 Å². The van der Waals surface area contributed by atoms with Crippen LogP contribution in [0.5, 0.6) is 0 Å². The fourth-order valence-corrected chi connectivity index (χ4v) is 10.9. The molecular weight excluding hydrogens is 793 g/mol. The van der Waals surface area contributed by atoms with Crippen LogP contribution in [0.15, 0.2) is 48.5 Å². The quantitative estimate of drug-likeness (QED) is 0.108. The summed E-state index contributed by atoms with van der Waals surface area (Å²) in [5.41, 5.74) is 9.28. The van der Waals surface area contributed by atoms with E-state index in [9.17, 15) is 29.2 Å². The van der Waals surface area contributed by atoms with Gasteiger partial charge in [0.15, 0.2) is 5.78 Å². The third-order valence-electron chi connectivity index (χ3n) is 14.5. The molecule has 3 aromatic carbocycles. The Bertz CT molecular complexity index is 2540. The fourth-order valence-electron chi connectivity index (χ4n) is 10.9. The number of hydrogen-bond donors (Lipinski definition) is 3. The molecule has 4 amide bonds. The van der Waals surface area contributed by atoms with E-state index in [0.717, 1.165) is 135 Å². The molecule has 5 aliphatic rings. The number of H-pyrrole nitrogens is 1. The molecule has 3 fully saturated rings. The van der Waals surface area contributed by atoms with Crippen LogP contribution in [0, 0.1) is 11.3 Å². The molecule has 1 atom stereocenters. The monoisotopic (exact) mass is 850 g/mol. The number of hydrogen-bond acceptors (Lipinski definition) is 9. The van der Waals surface area contributed by atoms with Crippen molar-refractivity contribution in [3.05, 3.63) is 93.2 Å². The van der Waals surface area contributed by atoms with Crippen molar-refractivity contribution >= 4 is 51.7 Å². The van der Waals surface area contributed by atoms with Gasteiger partial charge in [-0.15, -0.1) is 0 Å². The Morgan fingerprint density at radius 3 is 2.43 bits per heavy atom. The number of fused-ring (bicyclic) bond motifs is 5. The summed E-state index contributed by atoms with van der Waals surface area (Å²) in [6.07, 6.45) is 7.90. The molecule has 1 aromatic heterocycles. The first-order valence-corrected chi connectivity index (χ1v) is 23.0. The second-order valence-corrected chi connectivity index (χ2v) is 18.5. The van der Waals surface area contributed by atoms with Crippen molar-refractivity contribution in [1.82, 2.24) is 25.0 Å². The molecular formula is C50H58N8O5. The van der Waals surface area contributed by atoms with Crippen LogP contribution in [-0.2, 0) is 32.8 Å². The average Bonchev–Trinajstić information content (AvgIpc) is 3.86. The van der Waals surface area contributed by atoms with Gasteiger partial charge in [-0.1, -0.05) is 45.7 Å². The van der Waals surface area contributed by atoms with E-state index in [1.165, 1.54) is 11.3 Å². The number of piperidine rings is 2. The summed E-state index contributed by atoms with van der Waals surface area (Å²) in [7, 11) is 0. The highest BCUT2D eigenvalue weighted by molar-refractivity contribution is 6.20. The third kappa shape index (κ3) is 7.88. The third-order valence-corrected chi connectivity index (χ3v) is 14.5. The molecule has 5 heterocycles. The molecule has 0 radical (unpaired) electrons. The minimum absolute atomic E-state index is 0.0496. The van der Waals surface area contributed by atoms with E-state index in [4.69, 9.17) is 0 Å². The molecule has 13 nitrogen and oxygen atoms in total. The normalized spacial score (nSPS) is 20.1. The predicted molar refractivity (Wildman–Crippen MR) is 242 cm³/mol. The van der Waals surface area contributed by atoms with Crippen molar-refractivity contribution in [2.45, 2.75) is 109 Å². The van der Waals surface area contributed by atoms with Gasteiger partial charge in [-0.2, -0.15) is 5.26 Å². The standard InChI is InChI=1S/C50H58N8O5/c1-4-32-27-36-38(50(2,3)47-45(46(36)61)35-14-13-31(29-51)26-40(35)53-47)28-42(32)56-20-17-33(18-21-56)55-22-24-57(25-23-55)44(60)12-7-5-6-8-19-52-39-11-9-10-34-37(39)30-58(49(34)63)41-15-16-43(59)54-48(41)62/h9-11,13-14,26-28,33,41,52-53H,4-8,12,15-25,30H2,1-3H3,(H,54,59,62). The van der Waals surface area contributed by atoms with Gasteiger partial charge >= 0.3 is 0 Å². The largest absolute Gasteiger partial charge is 0.385 e. The second-order valence-electron chi connectivity index (χ2n) is 18.5. The molecule has 328 valence electrons. The van der Waals surface area contributed by atoms with Crippen LogP contribution in [-0.4, -0.2) is 107 Å². The van der Waals surface area contributed by atoms with Gasteiger partial charge < -0.3 is 25.0 Å². The smallest absolute Gasteiger partial charge is 0.255 e. The number of carbonyl (C=O) groups excluding carboxylic acids is 5. The predicted octanol–water partition coefficient (Wildman–Crippen LogP) is 6.41. The molecule has 3 saturated heterocycles. The number of piperazine rings is 1. The number of anilines is 2. The highest BCUT2D eigenvalue weighted by Crippen LogP contribution is 2.46. The number of imide groups is 1. The zero-order valence-corrected chi connectivity index (χ0v) is 36.8. The number of aryl methyl sites for hydroxylation is 1. The van der Waals surface area contributed by atoms with Crippen molar-refractivity contribution in [3.63, 3.8) is 0 Å². The molecule has 4 aliphatic heterocycles. The summed E-state index contributed by atoms with van der Waals surface area (Å²) < 4.78 is 0. The summed E-state index contributed by atoms with van der Waals surface area (Å²) in [6.45, 7) is 12.9. The van der Waals surface area contributed by atoms with Gasteiger partial charge in [-0.05, 0) is 86.1 Å². The van der Waals surface area contributed by atoms with Crippen LogP contribution >= 0.6 is 0 Å². The number of aromatic amines is 1. The number of nitrogens with one attached hydrogen (secondary N) is 3. The van der Waals surface area contributed by atoms with Gasteiger partial charge in [0.05, 0.1) is 17.2 Å². The summed E-state index contributed by atoms with van der Waals surface area (Å²) in [6, 6.07) is 17.7. The van der Waals surface area contributed by atoms with E-state index in [-0.39, 0.29) is 29.9 Å². The molecule has 9 rings (SSSR count). The molecule has 1 unspecified atom stereocenters. The first-order chi connectivity index (χ1) is 30.5. The Morgan fingerprint density at radius 2 is 1.68 bits per heavy atom. The number of benzene rings is 3. The summed E-state index contributed by atoms with van der Waals surface area (Å²) in [4.78, 5) is 76.9. The van der Waals surface area contributed by atoms with Gasteiger partial charge in [0.1, 0.15) is 6.04 Å². The molecule has 63 heavy (non-hydrogen) atoms. The van der Waals surface area contributed by atoms with Crippen LogP contribution in [0.4, 0.5) is 11.4 Å². The maximum absolute atomic E-state index is 14.1. The van der Waals surface area contributed by atoms with Crippen LogP contribution in [0.2, 0.25) is 0 Å². The first-order valence-electron chi connectivity index (χ1n) is 23.0. The van der Waals surface area contributed by atoms with Gasteiger partial charge in [0.2, 0.25) is 17.7 Å². The maximum Gasteiger partial charge on any atom is 0.255 e. The maximum atomic E-state index is 14.1. The molecule has 4 aromatic rings. The van der Waals surface area contributed by atoms with E-state index < -0.39 is 17.4 Å². The van der Waals surface area contributed by atoms with Crippen LogP contribution in [0.3, 0.4) is 0 Å². The van der Waals surface area contributed by atoms with E-state index in [1.807, 2.05) is 29.2 Å². The minimum Gasteiger partial charge on any atom is -0.385 e. The number of nitriles is 1. The van der Waals surface area contributed by atoms with Gasteiger partial charge in [0.25, 0.3) is 5.91 Å². The number of amides is 4. The number of unbranched alkanes of at least 4 members (excludes halogenated alkanes) is 3. The SMILES string of the molecule is CCc1cc2c(cc1N1CCC(N3CCN(C(=O)CCCCCCNc4cccc5c4CN(C4CCC(=O)NC4=O)C5=O)CC3)CC1)C(C)(C)c1[nH]c3cc(C#N)ccc3c1C2=O.